The van der Waals surface area contributed by atoms with E-state index in [0.717, 1.165) is 0 Å². The molecule has 0 saturated carbocycles. The van der Waals surface area contributed by atoms with Crippen molar-refractivity contribution < 1.29 is 14.3 Å². The summed E-state index contributed by atoms with van der Waals surface area (Å²) >= 11 is 0. The predicted molar refractivity (Wildman–Crippen MR) is 68.4 cm³/mol. The summed E-state index contributed by atoms with van der Waals surface area (Å²) < 4.78 is 5.12. The van der Waals surface area contributed by atoms with Crippen LogP contribution in [0, 0.1) is 23.2 Å². The van der Waals surface area contributed by atoms with Crippen LogP contribution in [0.2, 0.25) is 0 Å². The van der Waals surface area contributed by atoms with Gasteiger partial charge in [-0.1, -0.05) is 13.8 Å². The molecule has 0 aromatic heterocycles. The molecule has 0 bridgehead atoms. The van der Waals surface area contributed by atoms with E-state index in [0.29, 0.717) is 11.4 Å². The average molecular weight is 258 g/mol. The molecule has 1 heterocycles. The lowest BCUT2D eigenvalue weighted by atomic mass is 10.00. The lowest BCUT2D eigenvalue weighted by Crippen LogP contribution is -2.30. The number of hydrogen-bond acceptors (Lipinski definition) is 4. The Bertz CT molecular complexity index is 525. The van der Waals surface area contributed by atoms with Gasteiger partial charge in [-0.2, -0.15) is 5.26 Å². The highest BCUT2D eigenvalue weighted by Crippen LogP contribution is 2.31. The quantitative estimate of drug-likeness (QED) is 0.774. The number of rotatable bonds is 3. The van der Waals surface area contributed by atoms with Crippen molar-refractivity contribution in [1.29, 1.82) is 5.26 Å². The molecule has 1 aliphatic rings. The van der Waals surface area contributed by atoms with Crippen molar-refractivity contribution in [1.82, 2.24) is 0 Å². The Kier molecular flexibility index (Phi) is 3.52. The number of ether oxygens (including phenoxy) is 1. The maximum Gasteiger partial charge on any atom is 0.237 e. The third kappa shape index (κ3) is 2.29. The van der Waals surface area contributed by atoms with Gasteiger partial charge in [0.2, 0.25) is 11.8 Å². The SMILES string of the molecule is CC1C(=O)N(c2ccc(OCC#N)cc2)C(=O)C1C. The van der Waals surface area contributed by atoms with E-state index in [-0.39, 0.29) is 30.3 Å². The van der Waals surface area contributed by atoms with Gasteiger partial charge in [-0.15, -0.1) is 0 Å². The molecule has 2 unspecified atom stereocenters. The van der Waals surface area contributed by atoms with Gasteiger partial charge in [-0.3, -0.25) is 14.5 Å². The molecule has 5 heteroatoms. The maximum atomic E-state index is 12.0. The Balaban J connectivity index is 2.21. The van der Waals surface area contributed by atoms with Crippen LogP contribution in [0.1, 0.15) is 13.8 Å². The summed E-state index contributed by atoms with van der Waals surface area (Å²) in [7, 11) is 0. The van der Waals surface area contributed by atoms with Crippen LogP contribution >= 0.6 is 0 Å². The monoisotopic (exact) mass is 258 g/mol. The Morgan fingerprint density at radius 3 is 2.16 bits per heavy atom. The summed E-state index contributed by atoms with van der Waals surface area (Å²) in [6.45, 7) is 3.49. The molecule has 2 amide bonds. The van der Waals surface area contributed by atoms with Gasteiger partial charge in [0.1, 0.15) is 11.8 Å². The van der Waals surface area contributed by atoms with E-state index in [1.165, 1.54) is 4.90 Å². The predicted octanol–water partition coefficient (Wildman–Crippen LogP) is 1.73. The second-order valence-electron chi connectivity index (χ2n) is 4.53. The molecule has 0 spiro atoms. The van der Waals surface area contributed by atoms with Gasteiger partial charge in [-0.05, 0) is 24.3 Å². The van der Waals surface area contributed by atoms with Crippen LogP contribution < -0.4 is 9.64 Å². The molecule has 98 valence electrons. The van der Waals surface area contributed by atoms with Gasteiger partial charge in [-0.25, -0.2) is 0 Å². The lowest BCUT2D eigenvalue weighted by molar-refractivity contribution is -0.122. The summed E-state index contributed by atoms with van der Waals surface area (Å²) in [5.74, 6) is -0.402. The molecule has 2 atom stereocenters. The molecule has 0 N–H and O–H groups in total. The smallest absolute Gasteiger partial charge is 0.237 e. The molecule has 1 aromatic carbocycles. The number of nitriles is 1. The van der Waals surface area contributed by atoms with Crippen LogP contribution in [0.5, 0.6) is 5.75 Å². The number of benzene rings is 1. The summed E-state index contributed by atoms with van der Waals surface area (Å²) in [6.07, 6.45) is 0. The zero-order valence-electron chi connectivity index (χ0n) is 10.8. The molecular weight excluding hydrogens is 244 g/mol. The number of carbonyl (C=O) groups is 2. The van der Waals surface area contributed by atoms with Crippen molar-refractivity contribution in [2.45, 2.75) is 13.8 Å². The zero-order chi connectivity index (χ0) is 14.0. The van der Waals surface area contributed by atoms with Gasteiger partial charge in [0.15, 0.2) is 6.61 Å². The molecule has 5 nitrogen and oxygen atoms in total. The number of nitrogens with zero attached hydrogens (tertiary/aromatic N) is 2. The number of amides is 2. The fraction of sp³-hybridized carbons (Fsp3) is 0.357. The average Bonchev–Trinajstić information content (AvgIpc) is 2.62. The molecule has 0 radical (unpaired) electrons. The first-order chi connectivity index (χ1) is 9.06. The van der Waals surface area contributed by atoms with Crippen LogP contribution in [0.25, 0.3) is 0 Å². The maximum absolute atomic E-state index is 12.0. The van der Waals surface area contributed by atoms with E-state index in [4.69, 9.17) is 10.00 Å². The van der Waals surface area contributed by atoms with Crippen molar-refractivity contribution in [3.63, 3.8) is 0 Å². The molecule has 19 heavy (non-hydrogen) atoms. The summed E-state index contributed by atoms with van der Waals surface area (Å²) in [6, 6.07) is 8.44. The van der Waals surface area contributed by atoms with E-state index in [1.807, 2.05) is 6.07 Å². The highest BCUT2D eigenvalue weighted by molar-refractivity contribution is 6.21. The van der Waals surface area contributed by atoms with Gasteiger partial charge < -0.3 is 4.74 Å². The first-order valence-electron chi connectivity index (χ1n) is 6.04. The normalized spacial score (nSPS) is 22.5. The van der Waals surface area contributed by atoms with Crippen LogP contribution in [-0.2, 0) is 9.59 Å². The first kappa shape index (κ1) is 13.1. The molecule has 2 rings (SSSR count). The van der Waals surface area contributed by atoms with Gasteiger partial charge in [0, 0.05) is 11.8 Å². The summed E-state index contributed by atoms with van der Waals surface area (Å²) in [5.41, 5.74) is 0.538. The van der Waals surface area contributed by atoms with Crippen LogP contribution in [0.3, 0.4) is 0 Å². The van der Waals surface area contributed by atoms with Crippen LogP contribution in [0.15, 0.2) is 24.3 Å². The van der Waals surface area contributed by atoms with Crippen molar-refractivity contribution in [3.05, 3.63) is 24.3 Å². The van der Waals surface area contributed by atoms with Crippen LogP contribution in [0.4, 0.5) is 5.69 Å². The lowest BCUT2D eigenvalue weighted by Gasteiger charge is -2.14. The minimum absolute atomic E-state index is 0.0327. The van der Waals surface area contributed by atoms with Gasteiger partial charge in [0.25, 0.3) is 0 Å². The van der Waals surface area contributed by atoms with Gasteiger partial charge in [0.05, 0.1) is 5.69 Å². The summed E-state index contributed by atoms with van der Waals surface area (Å²) in [5, 5.41) is 8.41. The third-order valence-corrected chi connectivity index (χ3v) is 3.37. The van der Waals surface area contributed by atoms with E-state index in [2.05, 4.69) is 0 Å². The van der Waals surface area contributed by atoms with E-state index in [9.17, 15) is 9.59 Å². The zero-order valence-corrected chi connectivity index (χ0v) is 10.8. The van der Waals surface area contributed by atoms with Crippen molar-refractivity contribution >= 4 is 17.5 Å². The highest BCUT2D eigenvalue weighted by atomic mass is 16.5. The van der Waals surface area contributed by atoms with Gasteiger partial charge >= 0.3 is 0 Å². The highest BCUT2D eigenvalue weighted by Gasteiger charge is 2.42. The first-order valence-corrected chi connectivity index (χ1v) is 6.04. The van der Waals surface area contributed by atoms with Crippen molar-refractivity contribution in [2.24, 2.45) is 11.8 Å². The van der Waals surface area contributed by atoms with Crippen molar-refractivity contribution in [2.75, 3.05) is 11.5 Å². The Morgan fingerprint density at radius 1 is 1.16 bits per heavy atom. The number of anilines is 1. The minimum atomic E-state index is -0.290. The van der Waals surface area contributed by atoms with E-state index in [1.54, 1.807) is 38.1 Å². The molecule has 1 aromatic rings. The number of hydrogen-bond donors (Lipinski definition) is 0. The number of carbonyl (C=O) groups excluding carboxylic acids is 2. The van der Waals surface area contributed by atoms with E-state index < -0.39 is 0 Å². The summed E-state index contributed by atoms with van der Waals surface area (Å²) in [4.78, 5) is 25.2. The second kappa shape index (κ2) is 5.11. The Morgan fingerprint density at radius 2 is 1.68 bits per heavy atom. The fourth-order valence-electron chi connectivity index (χ4n) is 2.01. The molecular formula is C14H14N2O3. The van der Waals surface area contributed by atoms with Crippen LogP contribution in [-0.4, -0.2) is 18.4 Å². The molecule has 0 aliphatic carbocycles. The third-order valence-electron chi connectivity index (χ3n) is 3.37. The van der Waals surface area contributed by atoms with Crippen molar-refractivity contribution in [3.8, 4) is 11.8 Å². The minimum Gasteiger partial charge on any atom is -0.479 e. The molecule has 1 aliphatic heterocycles. The largest absolute Gasteiger partial charge is 0.479 e. The Hall–Kier alpha value is -2.35. The topological polar surface area (TPSA) is 70.4 Å². The van der Waals surface area contributed by atoms with E-state index >= 15 is 0 Å². The Labute approximate surface area is 111 Å². The second-order valence-corrected chi connectivity index (χ2v) is 4.53. The standard InChI is InChI=1S/C14H14N2O3/c1-9-10(2)14(18)16(13(9)17)11-3-5-12(6-4-11)19-8-7-15/h3-6,9-10H,8H2,1-2H3. The molecule has 1 fully saturated rings. The molecule has 1 saturated heterocycles. The fourth-order valence-corrected chi connectivity index (χ4v) is 2.01. The number of imide groups is 1.